The zero-order chi connectivity index (χ0) is 19.9. The molecule has 8 nitrogen and oxygen atoms in total. The lowest BCUT2D eigenvalue weighted by Gasteiger charge is -2.24. The molecule has 2 rings (SSSR count). The molecule has 0 radical (unpaired) electrons. The van der Waals surface area contributed by atoms with Gasteiger partial charge < -0.3 is 25.5 Å². The monoisotopic (exact) mass is 501 g/mol. The number of aliphatic hydroxyl groups is 1. The van der Waals surface area contributed by atoms with E-state index in [1.807, 2.05) is 26.8 Å². The maximum absolute atomic E-state index is 12.0. The van der Waals surface area contributed by atoms with Crippen molar-refractivity contribution in [2.24, 2.45) is 4.99 Å². The first-order valence-corrected chi connectivity index (χ1v) is 8.83. The van der Waals surface area contributed by atoms with Gasteiger partial charge in [-0.1, -0.05) is 0 Å². The minimum absolute atomic E-state index is 0. The van der Waals surface area contributed by atoms with Gasteiger partial charge in [0.15, 0.2) is 5.96 Å². The molecule has 2 aromatic rings. The Bertz CT molecular complexity index is 790. The molecule has 2 aromatic heterocycles. The molecular weight excluding hydrogens is 473 g/mol. The van der Waals surface area contributed by atoms with Gasteiger partial charge in [0.1, 0.15) is 23.7 Å². The van der Waals surface area contributed by atoms with Gasteiger partial charge in [-0.3, -0.25) is 9.78 Å². The molecule has 1 amide bonds. The van der Waals surface area contributed by atoms with Gasteiger partial charge in [-0.05, 0) is 45.9 Å². The highest BCUT2D eigenvalue weighted by atomic mass is 127. The average Bonchev–Trinajstić information content (AvgIpc) is 2.97. The first-order chi connectivity index (χ1) is 12.8. The Morgan fingerprint density at radius 3 is 2.68 bits per heavy atom. The lowest BCUT2D eigenvalue weighted by molar-refractivity contribution is -0.114. The smallest absolute Gasteiger partial charge is 0.246 e. The molecule has 9 heteroatoms. The van der Waals surface area contributed by atoms with Gasteiger partial charge in [0, 0.05) is 18.3 Å². The Kier molecular flexibility index (Phi) is 9.39. The van der Waals surface area contributed by atoms with Crippen LogP contribution < -0.4 is 16.0 Å². The molecule has 0 saturated carbocycles. The van der Waals surface area contributed by atoms with E-state index in [9.17, 15) is 9.90 Å². The van der Waals surface area contributed by atoms with Crippen LogP contribution in [-0.2, 0) is 10.4 Å². The fraction of sp³-hybridized carbons (Fsp3) is 0.421. The van der Waals surface area contributed by atoms with Crippen molar-refractivity contribution in [2.75, 3.05) is 25.0 Å². The number of halogens is 1. The number of carbonyl (C=O) groups is 1. The van der Waals surface area contributed by atoms with E-state index in [1.165, 1.54) is 0 Å². The first kappa shape index (κ1) is 23.9. The maximum Gasteiger partial charge on any atom is 0.246 e. The molecule has 1 unspecified atom stereocenters. The summed E-state index contributed by atoms with van der Waals surface area (Å²) >= 11 is 0. The molecule has 28 heavy (non-hydrogen) atoms. The van der Waals surface area contributed by atoms with E-state index < -0.39 is 5.60 Å². The van der Waals surface area contributed by atoms with E-state index in [2.05, 4.69) is 25.9 Å². The summed E-state index contributed by atoms with van der Waals surface area (Å²) in [6.07, 6.45) is 3.20. The Morgan fingerprint density at radius 2 is 2.11 bits per heavy atom. The highest BCUT2D eigenvalue weighted by molar-refractivity contribution is 14.0. The van der Waals surface area contributed by atoms with E-state index in [0.717, 1.165) is 11.3 Å². The summed E-state index contributed by atoms with van der Waals surface area (Å²) in [5.41, 5.74) is 0.192. The number of aryl methyl sites for hydroxylation is 2. The van der Waals surface area contributed by atoms with E-state index in [0.29, 0.717) is 24.0 Å². The quantitative estimate of drug-likeness (QED) is 0.263. The molecule has 2 heterocycles. The number of aliphatic imine (C=N–C) groups is 1. The summed E-state index contributed by atoms with van der Waals surface area (Å²) < 4.78 is 5.50. The summed E-state index contributed by atoms with van der Waals surface area (Å²) in [6, 6.07) is 5.32. The van der Waals surface area contributed by atoms with Crippen LogP contribution in [0.2, 0.25) is 0 Å². The van der Waals surface area contributed by atoms with Crippen molar-refractivity contribution in [3.05, 3.63) is 47.7 Å². The van der Waals surface area contributed by atoms with Crippen molar-refractivity contribution in [1.29, 1.82) is 0 Å². The second-order valence-corrected chi connectivity index (χ2v) is 6.44. The number of hydrogen-bond acceptors (Lipinski definition) is 5. The molecule has 0 aliphatic rings. The number of nitrogens with zero attached hydrogens (tertiary/aromatic N) is 2. The maximum atomic E-state index is 12.0. The molecular formula is C19H28IN5O3. The van der Waals surface area contributed by atoms with E-state index in [-0.39, 0.29) is 43.0 Å². The number of guanidine groups is 1. The minimum Gasteiger partial charge on any atom is -0.466 e. The topological polar surface area (TPSA) is 112 Å². The Morgan fingerprint density at radius 1 is 1.36 bits per heavy atom. The number of rotatable bonds is 7. The standard InChI is InChI=1S/C19H27N5O3.HI/c1-5-21-18(22-11-17(25)24-15-7-6-8-20-10-15)23-12-19(4,26)16-9-13(2)27-14(16)3;/h6-10,26H,5,11-12H2,1-4H3,(H,24,25)(H2,21,22,23);1H. The highest BCUT2D eigenvalue weighted by Gasteiger charge is 2.27. The second kappa shape index (κ2) is 11.0. The number of furan rings is 1. The molecule has 1 atom stereocenters. The number of amides is 1. The van der Waals surface area contributed by atoms with Crippen LogP contribution in [0.15, 0.2) is 40.0 Å². The van der Waals surface area contributed by atoms with Crippen LogP contribution in [0.1, 0.15) is 30.9 Å². The number of aromatic nitrogens is 1. The van der Waals surface area contributed by atoms with Gasteiger partial charge in [-0.25, -0.2) is 4.99 Å². The van der Waals surface area contributed by atoms with Gasteiger partial charge in [0.25, 0.3) is 0 Å². The molecule has 0 fully saturated rings. The molecule has 0 bridgehead atoms. The number of nitrogens with one attached hydrogen (secondary N) is 3. The summed E-state index contributed by atoms with van der Waals surface area (Å²) in [6.45, 7) is 8.07. The Balaban J connectivity index is 0.00000392. The van der Waals surface area contributed by atoms with E-state index in [4.69, 9.17) is 4.42 Å². The van der Waals surface area contributed by atoms with Crippen molar-refractivity contribution in [3.63, 3.8) is 0 Å². The lowest BCUT2D eigenvalue weighted by atomic mass is 9.96. The zero-order valence-electron chi connectivity index (χ0n) is 16.6. The minimum atomic E-state index is -1.14. The average molecular weight is 501 g/mol. The molecule has 4 N–H and O–H groups in total. The third-order valence-corrected chi connectivity index (χ3v) is 3.89. The van der Waals surface area contributed by atoms with Crippen molar-refractivity contribution >= 4 is 41.5 Å². The van der Waals surface area contributed by atoms with Crippen LogP contribution in [0.4, 0.5) is 5.69 Å². The highest BCUT2D eigenvalue weighted by Crippen LogP contribution is 2.26. The summed E-state index contributed by atoms with van der Waals surface area (Å²) in [5, 5.41) is 19.6. The van der Waals surface area contributed by atoms with Crippen LogP contribution >= 0.6 is 24.0 Å². The van der Waals surface area contributed by atoms with Gasteiger partial charge >= 0.3 is 0 Å². The van der Waals surface area contributed by atoms with Gasteiger partial charge in [0.05, 0.1) is 18.4 Å². The van der Waals surface area contributed by atoms with Gasteiger partial charge in [-0.2, -0.15) is 0 Å². The molecule has 0 aliphatic heterocycles. The lowest BCUT2D eigenvalue weighted by Crippen LogP contribution is -2.45. The van der Waals surface area contributed by atoms with Crippen LogP contribution in [0, 0.1) is 13.8 Å². The number of pyridine rings is 1. The van der Waals surface area contributed by atoms with Crippen LogP contribution in [-0.4, -0.2) is 41.6 Å². The largest absolute Gasteiger partial charge is 0.466 e. The van der Waals surface area contributed by atoms with Crippen LogP contribution in [0.3, 0.4) is 0 Å². The molecule has 0 saturated heterocycles. The number of anilines is 1. The predicted molar refractivity (Wildman–Crippen MR) is 120 cm³/mol. The predicted octanol–water partition coefficient (Wildman–Crippen LogP) is 2.31. The Labute approximate surface area is 182 Å². The van der Waals surface area contributed by atoms with Crippen molar-refractivity contribution in [2.45, 2.75) is 33.3 Å². The van der Waals surface area contributed by atoms with E-state index in [1.54, 1.807) is 31.5 Å². The summed E-state index contributed by atoms with van der Waals surface area (Å²) in [7, 11) is 0. The molecule has 0 aliphatic carbocycles. The molecule has 0 spiro atoms. The van der Waals surface area contributed by atoms with E-state index >= 15 is 0 Å². The van der Waals surface area contributed by atoms with Crippen LogP contribution in [0.5, 0.6) is 0 Å². The SMILES string of the molecule is CCNC(=NCC(=O)Nc1cccnc1)NCC(C)(O)c1cc(C)oc1C.I. The zero-order valence-corrected chi connectivity index (χ0v) is 18.9. The number of hydrogen-bond donors (Lipinski definition) is 4. The third kappa shape index (κ3) is 7.12. The van der Waals surface area contributed by atoms with Crippen LogP contribution in [0.25, 0.3) is 0 Å². The Hall–Kier alpha value is -2.14. The molecule has 154 valence electrons. The fourth-order valence-corrected chi connectivity index (χ4v) is 2.65. The van der Waals surface area contributed by atoms with Gasteiger partial charge in [-0.15, -0.1) is 24.0 Å². The fourth-order valence-electron chi connectivity index (χ4n) is 2.65. The normalized spacial score (nSPS) is 13.2. The first-order valence-electron chi connectivity index (χ1n) is 8.83. The summed E-state index contributed by atoms with van der Waals surface area (Å²) in [5.74, 6) is 1.61. The van der Waals surface area contributed by atoms with Gasteiger partial charge in [0.2, 0.25) is 5.91 Å². The van der Waals surface area contributed by atoms with Crippen molar-refractivity contribution in [1.82, 2.24) is 15.6 Å². The third-order valence-electron chi connectivity index (χ3n) is 3.89. The van der Waals surface area contributed by atoms with Crippen molar-refractivity contribution < 1.29 is 14.3 Å². The second-order valence-electron chi connectivity index (χ2n) is 6.44. The number of carbonyl (C=O) groups excluding carboxylic acids is 1. The summed E-state index contributed by atoms with van der Waals surface area (Å²) in [4.78, 5) is 20.2. The van der Waals surface area contributed by atoms with Crippen molar-refractivity contribution in [3.8, 4) is 0 Å². The molecule has 0 aromatic carbocycles.